The summed E-state index contributed by atoms with van der Waals surface area (Å²) in [6.45, 7) is 8.17. The summed E-state index contributed by atoms with van der Waals surface area (Å²) in [6, 6.07) is 3.99. The van der Waals surface area contributed by atoms with Crippen LogP contribution in [0.3, 0.4) is 0 Å². The lowest BCUT2D eigenvalue weighted by Crippen LogP contribution is -2.37. The Balaban J connectivity index is 2.12. The smallest absolute Gasteiger partial charge is 0.129 e. The average molecular weight is 286 g/mol. The number of halogens is 1. The van der Waals surface area contributed by atoms with Crippen LogP contribution in [0, 0.1) is 0 Å². The van der Waals surface area contributed by atoms with Gasteiger partial charge < -0.3 is 10.2 Å². The van der Waals surface area contributed by atoms with Gasteiger partial charge in [-0.3, -0.25) is 0 Å². The number of hydrogen-bond donors (Lipinski definition) is 1. The molecule has 1 aliphatic heterocycles. The van der Waals surface area contributed by atoms with Crippen LogP contribution in [0.4, 0.5) is 5.82 Å². The number of nitrogens with one attached hydrogen (secondary N) is 1. The van der Waals surface area contributed by atoms with Gasteiger partial charge in [-0.15, -0.1) is 0 Å². The summed E-state index contributed by atoms with van der Waals surface area (Å²) in [4.78, 5) is 7.04. The molecule has 100 valence electrons. The largest absolute Gasteiger partial charge is 0.355 e. The van der Waals surface area contributed by atoms with Crippen LogP contribution in [0.2, 0.25) is 5.02 Å². The molecule has 0 radical (unpaired) electrons. The third-order valence-corrected chi connectivity index (χ3v) is 4.49. The van der Waals surface area contributed by atoms with Crippen molar-refractivity contribution in [2.75, 3.05) is 30.3 Å². The van der Waals surface area contributed by atoms with Crippen LogP contribution in [0.5, 0.6) is 0 Å². The van der Waals surface area contributed by atoms with Gasteiger partial charge in [0, 0.05) is 30.6 Å². The second-order valence-electron chi connectivity index (χ2n) is 4.51. The first kappa shape index (κ1) is 14.0. The predicted molar refractivity (Wildman–Crippen MR) is 80.8 cm³/mol. The van der Waals surface area contributed by atoms with E-state index in [4.69, 9.17) is 16.6 Å². The molecule has 2 heterocycles. The van der Waals surface area contributed by atoms with Crippen LogP contribution in [0.15, 0.2) is 12.1 Å². The van der Waals surface area contributed by atoms with E-state index in [9.17, 15) is 0 Å². The Morgan fingerprint density at radius 3 is 3.11 bits per heavy atom. The first-order valence-corrected chi connectivity index (χ1v) is 7.86. The zero-order valence-corrected chi connectivity index (χ0v) is 12.5. The number of anilines is 1. The van der Waals surface area contributed by atoms with E-state index in [0.29, 0.717) is 5.25 Å². The highest BCUT2D eigenvalue weighted by Crippen LogP contribution is 2.24. The standard InChI is InChI=1S/C13H20ClN3S/c1-3-15-8-12-11(14)4-5-13(16-12)17-6-7-18-10(2)9-17/h4-5,10,15H,3,6-9H2,1-2H3. The predicted octanol–water partition coefficient (Wildman–Crippen LogP) is 2.79. The molecular weight excluding hydrogens is 266 g/mol. The highest BCUT2D eigenvalue weighted by Gasteiger charge is 2.18. The molecule has 1 N–H and O–H groups in total. The van der Waals surface area contributed by atoms with E-state index in [0.717, 1.165) is 42.7 Å². The Labute approximate surface area is 118 Å². The van der Waals surface area contributed by atoms with Crippen LogP contribution in [-0.4, -0.2) is 35.6 Å². The molecule has 2 rings (SSSR count). The molecule has 1 atom stereocenters. The monoisotopic (exact) mass is 285 g/mol. The fourth-order valence-electron chi connectivity index (χ4n) is 2.04. The maximum Gasteiger partial charge on any atom is 0.129 e. The van der Waals surface area contributed by atoms with Gasteiger partial charge in [-0.1, -0.05) is 25.4 Å². The van der Waals surface area contributed by atoms with Crippen molar-refractivity contribution in [1.82, 2.24) is 10.3 Å². The third-order valence-electron chi connectivity index (χ3n) is 3.01. The van der Waals surface area contributed by atoms with Crippen molar-refractivity contribution in [2.45, 2.75) is 25.6 Å². The van der Waals surface area contributed by atoms with Crippen molar-refractivity contribution in [3.8, 4) is 0 Å². The molecule has 0 aromatic carbocycles. The molecule has 0 aliphatic carbocycles. The van der Waals surface area contributed by atoms with E-state index in [1.807, 2.05) is 23.9 Å². The van der Waals surface area contributed by atoms with Gasteiger partial charge in [0.2, 0.25) is 0 Å². The van der Waals surface area contributed by atoms with Gasteiger partial charge in [0.05, 0.1) is 10.7 Å². The third kappa shape index (κ3) is 3.53. The maximum absolute atomic E-state index is 6.17. The minimum atomic E-state index is 0.674. The normalized spacial score (nSPS) is 20.2. The molecule has 1 saturated heterocycles. The summed E-state index contributed by atoms with van der Waals surface area (Å²) < 4.78 is 0. The van der Waals surface area contributed by atoms with Gasteiger partial charge in [0.1, 0.15) is 5.82 Å². The van der Waals surface area contributed by atoms with Crippen molar-refractivity contribution in [3.63, 3.8) is 0 Å². The van der Waals surface area contributed by atoms with Crippen molar-refractivity contribution in [2.24, 2.45) is 0 Å². The number of rotatable bonds is 4. The van der Waals surface area contributed by atoms with Gasteiger partial charge >= 0.3 is 0 Å². The topological polar surface area (TPSA) is 28.2 Å². The lowest BCUT2D eigenvalue weighted by molar-refractivity contribution is 0.704. The van der Waals surface area contributed by atoms with E-state index in [-0.39, 0.29) is 0 Å². The molecule has 5 heteroatoms. The minimum Gasteiger partial charge on any atom is -0.355 e. The van der Waals surface area contributed by atoms with Crippen LogP contribution in [-0.2, 0) is 6.54 Å². The van der Waals surface area contributed by atoms with Gasteiger partial charge in [0.25, 0.3) is 0 Å². The Morgan fingerprint density at radius 2 is 2.39 bits per heavy atom. The Kier molecular flexibility index (Phi) is 5.15. The summed E-state index contributed by atoms with van der Waals surface area (Å²) in [6.07, 6.45) is 0. The average Bonchev–Trinajstić information content (AvgIpc) is 2.38. The molecule has 1 aromatic heterocycles. The van der Waals surface area contributed by atoms with Gasteiger partial charge in [0.15, 0.2) is 0 Å². The molecule has 18 heavy (non-hydrogen) atoms. The summed E-state index contributed by atoms with van der Waals surface area (Å²) >= 11 is 8.20. The highest BCUT2D eigenvalue weighted by atomic mass is 35.5. The van der Waals surface area contributed by atoms with E-state index in [2.05, 4.69) is 24.1 Å². The first-order chi connectivity index (χ1) is 8.70. The van der Waals surface area contributed by atoms with Crippen molar-refractivity contribution in [1.29, 1.82) is 0 Å². The van der Waals surface area contributed by atoms with Crippen LogP contribution < -0.4 is 10.2 Å². The summed E-state index contributed by atoms with van der Waals surface area (Å²) in [5.41, 5.74) is 0.946. The van der Waals surface area contributed by atoms with Crippen molar-refractivity contribution >= 4 is 29.2 Å². The number of aromatic nitrogens is 1. The van der Waals surface area contributed by atoms with E-state index in [1.165, 1.54) is 5.75 Å². The molecule has 1 aromatic rings. The Morgan fingerprint density at radius 1 is 1.56 bits per heavy atom. The number of pyridine rings is 1. The fraction of sp³-hybridized carbons (Fsp3) is 0.615. The molecule has 0 spiro atoms. The summed E-state index contributed by atoms with van der Waals surface area (Å²) in [5, 5.41) is 4.70. The highest BCUT2D eigenvalue weighted by molar-refractivity contribution is 8.00. The van der Waals surface area contributed by atoms with Crippen LogP contribution in [0.1, 0.15) is 19.5 Å². The molecule has 1 unspecified atom stereocenters. The molecule has 1 aliphatic rings. The van der Waals surface area contributed by atoms with Gasteiger partial charge in [-0.2, -0.15) is 11.8 Å². The second-order valence-corrected chi connectivity index (χ2v) is 6.46. The molecule has 3 nitrogen and oxygen atoms in total. The Bertz CT molecular complexity index is 400. The number of hydrogen-bond acceptors (Lipinski definition) is 4. The maximum atomic E-state index is 6.17. The first-order valence-electron chi connectivity index (χ1n) is 6.43. The molecular formula is C13H20ClN3S. The summed E-state index contributed by atoms with van der Waals surface area (Å²) in [5.74, 6) is 2.23. The molecule has 0 bridgehead atoms. The lowest BCUT2D eigenvalue weighted by atomic mass is 10.3. The molecule has 1 fully saturated rings. The van der Waals surface area contributed by atoms with Gasteiger partial charge in [-0.25, -0.2) is 4.98 Å². The SMILES string of the molecule is CCNCc1nc(N2CCSC(C)C2)ccc1Cl. The van der Waals surface area contributed by atoms with Crippen molar-refractivity contribution < 1.29 is 0 Å². The quantitative estimate of drug-likeness (QED) is 0.921. The lowest BCUT2D eigenvalue weighted by Gasteiger charge is -2.31. The number of nitrogens with zero attached hydrogens (tertiary/aromatic N) is 2. The van der Waals surface area contributed by atoms with E-state index in [1.54, 1.807) is 0 Å². The molecule has 0 saturated carbocycles. The zero-order chi connectivity index (χ0) is 13.0. The minimum absolute atomic E-state index is 0.674. The number of thioether (sulfide) groups is 1. The van der Waals surface area contributed by atoms with Crippen LogP contribution >= 0.6 is 23.4 Å². The van der Waals surface area contributed by atoms with Crippen LogP contribution in [0.25, 0.3) is 0 Å². The van der Waals surface area contributed by atoms with E-state index >= 15 is 0 Å². The second kappa shape index (κ2) is 6.64. The fourth-order valence-corrected chi connectivity index (χ4v) is 3.23. The molecule has 0 amide bonds. The zero-order valence-electron chi connectivity index (χ0n) is 10.9. The van der Waals surface area contributed by atoms with E-state index < -0.39 is 0 Å². The van der Waals surface area contributed by atoms with Crippen molar-refractivity contribution in [3.05, 3.63) is 22.8 Å². The summed E-state index contributed by atoms with van der Waals surface area (Å²) in [7, 11) is 0. The van der Waals surface area contributed by atoms with Gasteiger partial charge in [-0.05, 0) is 18.7 Å². The Hall–Kier alpha value is -0.450.